The van der Waals surface area contributed by atoms with Gasteiger partial charge in [-0.05, 0) is 25.1 Å². The van der Waals surface area contributed by atoms with Gasteiger partial charge in [-0.2, -0.15) is 0 Å². The molecule has 0 radical (unpaired) electrons. The molecule has 1 atom stereocenters. The van der Waals surface area contributed by atoms with E-state index in [0.717, 1.165) is 21.6 Å². The predicted molar refractivity (Wildman–Crippen MR) is 83.4 cm³/mol. The molecule has 8 heteroatoms. The van der Waals surface area contributed by atoms with Crippen LogP contribution in [-0.4, -0.2) is 35.8 Å². The number of anilines is 1. The van der Waals surface area contributed by atoms with E-state index in [2.05, 4.69) is 5.32 Å². The average molecular weight is 321 g/mol. The monoisotopic (exact) mass is 321 g/mol. The standard InChI is InChI=1S/C14H15N3O4S/c1-3-15-12(18)10-7-17(13(19)21-10)8-4-5-9-11(6-8)22-14(20)16(9)2/h4-6,10H,3,7H2,1-2H3,(H,15,18)/t10-/m1/s1. The summed E-state index contributed by atoms with van der Waals surface area (Å²) in [5.41, 5.74) is 1.43. The Morgan fingerprint density at radius 1 is 1.45 bits per heavy atom. The molecule has 1 N–H and O–H groups in total. The molecule has 0 spiro atoms. The third kappa shape index (κ3) is 2.35. The van der Waals surface area contributed by atoms with E-state index < -0.39 is 12.2 Å². The highest BCUT2D eigenvalue weighted by molar-refractivity contribution is 7.16. The second-order valence-corrected chi connectivity index (χ2v) is 5.95. The smallest absolute Gasteiger partial charge is 0.415 e. The van der Waals surface area contributed by atoms with E-state index in [4.69, 9.17) is 4.74 Å². The lowest BCUT2D eigenvalue weighted by molar-refractivity contribution is -0.127. The highest BCUT2D eigenvalue weighted by Gasteiger charge is 2.36. The van der Waals surface area contributed by atoms with Crippen LogP contribution < -0.4 is 15.1 Å². The van der Waals surface area contributed by atoms with Crippen LogP contribution in [0.25, 0.3) is 10.2 Å². The van der Waals surface area contributed by atoms with E-state index in [0.29, 0.717) is 12.2 Å². The van der Waals surface area contributed by atoms with Crippen molar-refractivity contribution in [3.63, 3.8) is 0 Å². The maximum absolute atomic E-state index is 12.0. The van der Waals surface area contributed by atoms with Crippen LogP contribution in [-0.2, 0) is 16.6 Å². The summed E-state index contributed by atoms with van der Waals surface area (Å²) in [5.74, 6) is -0.302. The summed E-state index contributed by atoms with van der Waals surface area (Å²) < 4.78 is 7.45. The number of nitrogens with zero attached hydrogens (tertiary/aromatic N) is 2. The van der Waals surface area contributed by atoms with Crippen molar-refractivity contribution in [2.45, 2.75) is 13.0 Å². The lowest BCUT2D eigenvalue weighted by Gasteiger charge is -2.12. The molecule has 3 rings (SSSR count). The Kier molecular flexibility index (Phi) is 3.61. The number of carbonyl (C=O) groups excluding carboxylic acids is 2. The quantitative estimate of drug-likeness (QED) is 0.916. The number of likely N-dealkylation sites (N-methyl/N-ethyl adjacent to an activating group) is 1. The van der Waals surface area contributed by atoms with Gasteiger partial charge in [-0.1, -0.05) is 11.3 Å². The number of hydrogen-bond acceptors (Lipinski definition) is 5. The van der Waals surface area contributed by atoms with Crippen molar-refractivity contribution in [3.05, 3.63) is 27.9 Å². The Morgan fingerprint density at radius 3 is 2.95 bits per heavy atom. The first-order valence-electron chi connectivity index (χ1n) is 6.86. The van der Waals surface area contributed by atoms with Gasteiger partial charge in [0.1, 0.15) is 0 Å². The minimum atomic E-state index is -0.808. The molecule has 1 saturated heterocycles. The molecular weight excluding hydrogens is 306 g/mol. The summed E-state index contributed by atoms with van der Waals surface area (Å²) in [6.45, 7) is 2.45. The molecule has 1 aromatic carbocycles. The van der Waals surface area contributed by atoms with E-state index in [1.54, 1.807) is 36.7 Å². The van der Waals surface area contributed by atoms with E-state index >= 15 is 0 Å². The van der Waals surface area contributed by atoms with Crippen molar-refractivity contribution in [2.24, 2.45) is 7.05 Å². The lowest BCUT2D eigenvalue weighted by Crippen LogP contribution is -2.37. The van der Waals surface area contributed by atoms with Gasteiger partial charge in [0.2, 0.25) is 0 Å². The molecule has 1 aliphatic heterocycles. The summed E-state index contributed by atoms with van der Waals surface area (Å²) >= 11 is 1.12. The van der Waals surface area contributed by atoms with E-state index in [1.165, 1.54) is 4.90 Å². The summed E-state index contributed by atoms with van der Waals surface area (Å²) in [7, 11) is 1.70. The van der Waals surface area contributed by atoms with Gasteiger partial charge in [0.05, 0.1) is 16.8 Å². The largest absolute Gasteiger partial charge is 0.434 e. The third-order valence-corrected chi connectivity index (χ3v) is 4.54. The van der Waals surface area contributed by atoms with Crippen molar-refractivity contribution < 1.29 is 14.3 Å². The molecule has 1 aromatic heterocycles. The fourth-order valence-corrected chi connectivity index (χ4v) is 3.30. The van der Waals surface area contributed by atoms with Gasteiger partial charge in [-0.15, -0.1) is 0 Å². The predicted octanol–water partition coefficient (Wildman–Crippen LogP) is 1.06. The second-order valence-electron chi connectivity index (χ2n) is 4.96. The van der Waals surface area contributed by atoms with E-state index in [1.807, 2.05) is 0 Å². The van der Waals surface area contributed by atoms with Crippen LogP contribution >= 0.6 is 11.3 Å². The number of amides is 2. The van der Waals surface area contributed by atoms with Crippen LogP contribution in [0.4, 0.5) is 10.5 Å². The number of benzene rings is 1. The van der Waals surface area contributed by atoms with Crippen LogP contribution in [0.15, 0.2) is 23.0 Å². The number of thiazole rings is 1. The topological polar surface area (TPSA) is 80.6 Å². The zero-order valence-corrected chi connectivity index (χ0v) is 13.0. The number of rotatable bonds is 3. The summed E-state index contributed by atoms with van der Waals surface area (Å²) in [5, 5.41) is 2.64. The normalized spacial score (nSPS) is 17.8. The minimum absolute atomic E-state index is 0.0589. The van der Waals surface area contributed by atoms with Gasteiger partial charge in [-0.3, -0.25) is 14.5 Å². The Balaban J connectivity index is 1.89. The number of carbonyl (C=O) groups is 2. The highest BCUT2D eigenvalue weighted by atomic mass is 32.1. The Labute approximate surface area is 130 Å². The first-order chi connectivity index (χ1) is 10.5. The molecule has 0 bridgehead atoms. The molecule has 0 saturated carbocycles. The molecule has 2 amide bonds. The number of nitrogens with one attached hydrogen (secondary N) is 1. The molecule has 0 unspecified atom stereocenters. The fraction of sp³-hybridized carbons (Fsp3) is 0.357. The van der Waals surface area contributed by atoms with Gasteiger partial charge >= 0.3 is 11.0 Å². The summed E-state index contributed by atoms with van der Waals surface area (Å²) in [4.78, 5) is 36.8. The van der Waals surface area contributed by atoms with E-state index in [-0.39, 0.29) is 17.3 Å². The fourth-order valence-electron chi connectivity index (χ4n) is 2.39. The van der Waals surface area contributed by atoms with Gasteiger partial charge in [0.25, 0.3) is 5.91 Å². The van der Waals surface area contributed by atoms with Crippen LogP contribution in [0.2, 0.25) is 0 Å². The Hall–Kier alpha value is -2.35. The summed E-state index contributed by atoms with van der Waals surface area (Å²) in [6.07, 6.45) is -1.36. The van der Waals surface area contributed by atoms with Crippen molar-refractivity contribution in [2.75, 3.05) is 18.0 Å². The number of fused-ring (bicyclic) bond motifs is 1. The van der Waals surface area contributed by atoms with Gasteiger partial charge in [0, 0.05) is 19.3 Å². The SMILES string of the molecule is CCNC(=O)[C@H]1CN(c2ccc3c(c2)sc(=O)n3C)C(=O)O1. The van der Waals surface area contributed by atoms with Crippen LogP contribution in [0.1, 0.15) is 6.92 Å². The molecule has 7 nitrogen and oxygen atoms in total. The average Bonchev–Trinajstić information content (AvgIpc) is 3.00. The molecule has 1 aliphatic rings. The van der Waals surface area contributed by atoms with Crippen molar-refractivity contribution in [1.82, 2.24) is 9.88 Å². The van der Waals surface area contributed by atoms with Crippen LogP contribution in [0.3, 0.4) is 0 Å². The van der Waals surface area contributed by atoms with Gasteiger partial charge in [0.15, 0.2) is 6.10 Å². The van der Waals surface area contributed by atoms with Gasteiger partial charge < -0.3 is 14.6 Å². The molecule has 0 aliphatic carbocycles. The van der Waals surface area contributed by atoms with Crippen molar-refractivity contribution in [1.29, 1.82) is 0 Å². The van der Waals surface area contributed by atoms with Crippen LogP contribution in [0, 0.1) is 0 Å². The number of aryl methyl sites for hydroxylation is 1. The Bertz CT molecular complexity index is 810. The van der Waals surface area contributed by atoms with Gasteiger partial charge in [-0.25, -0.2) is 4.79 Å². The second kappa shape index (κ2) is 5.45. The number of cyclic esters (lactones) is 1. The molecular formula is C14H15N3O4S. The molecule has 116 valence electrons. The summed E-state index contributed by atoms with van der Waals surface area (Å²) in [6, 6.07) is 5.30. The first kappa shape index (κ1) is 14.6. The maximum atomic E-state index is 12.0. The number of hydrogen-bond donors (Lipinski definition) is 1. The first-order valence-corrected chi connectivity index (χ1v) is 7.68. The highest BCUT2D eigenvalue weighted by Crippen LogP contribution is 2.27. The minimum Gasteiger partial charge on any atom is -0.434 e. The van der Waals surface area contributed by atoms with Crippen molar-refractivity contribution in [3.8, 4) is 0 Å². The zero-order valence-electron chi connectivity index (χ0n) is 12.2. The van der Waals surface area contributed by atoms with Crippen molar-refractivity contribution >= 4 is 39.2 Å². The molecule has 2 aromatic rings. The molecule has 22 heavy (non-hydrogen) atoms. The number of aromatic nitrogens is 1. The molecule has 1 fully saturated rings. The molecule has 2 heterocycles. The van der Waals surface area contributed by atoms with E-state index in [9.17, 15) is 14.4 Å². The third-order valence-electron chi connectivity index (χ3n) is 3.54. The Morgan fingerprint density at radius 2 is 2.23 bits per heavy atom. The zero-order chi connectivity index (χ0) is 15.9. The maximum Gasteiger partial charge on any atom is 0.415 e. The lowest BCUT2D eigenvalue weighted by atomic mass is 10.2. The van der Waals surface area contributed by atoms with Crippen LogP contribution in [0.5, 0.6) is 0 Å². The number of ether oxygens (including phenoxy) is 1.